The second kappa shape index (κ2) is 4.81. The maximum atomic E-state index is 12.4. The first-order valence-electron chi connectivity index (χ1n) is 6.95. The van der Waals surface area contributed by atoms with E-state index < -0.39 is 5.63 Å². The SMILES string of the molecule is Cc1ccsc1[C@H]1CC(=O)Oc2c1c(=O)oc1ccccc21. The number of hydrogen-bond acceptors (Lipinski definition) is 5. The lowest BCUT2D eigenvalue weighted by Crippen LogP contribution is -2.26. The molecule has 0 fully saturated rings. The number of thiophene rings is 1. The fourth-order valence-electron chi connectivity index (χ4n) is 2.94. The minimum Gasteiger partial charge on any atom is -0.425 e. The molecule has 3 aromatic rings. The van der Waals surface area contributed by atoms with Crippen LogP contribution in [-0.4, -0.2) is 5.97 Å². The van der Waals surface area contributed by atoms with Gasteiger partial charge in [0, 0.05) is 10.8 Å². The molecule has 22 heavy (non-hydrogen) atoms. The Morgan fingerprint density at radius 3 is 2.77 bits per heavy atom. The van der Waals surface area contributed by atoms with E-state index in [0.717, 1.165) is 10.4 Å². The smallest absolute Gasteiger partial charge is 0.343 e. The van der Waals surface area contributed by atoms with Crippen molar-refractivity contribution in [1.82, 2.24) is 0 Å². The largest absolute Gasteiger partial charge is 0.425 e. The predicted molar refractivity (Wildman–Crippen MR) is 83.6 cm³/mol. The van der Waals surface area contributed by atoms with Crippen LogP contribution >= 0.6 is 11.3 Å². The maximum absolute atomic E-state index is 12.4. The summed E-state index contributed by atoms with van der Waals surface area (Å²) in [7, 11) is 0. The van der Waals surface area contributed by atoms with Gasteiger partial charge < -0.3 is 9.15 Å². The third-order valence-corrected chi connectivity index (χ3v) is 5.08. The Labute approximate surface area is 130 Å². The minimum atomic E-state index is -0.431. The highest BCUT2D eigenvalue weighted by atomic mass is 32.1. The van der Waals surface area contributed by atoms with Crippen LogP contribution < -0.4 is 10.4 Å². The second-order valence-electron chi connectivity index (χ2n) is 5.33. The van der Waals surface area contributed by atoms with Crippen molar-refractivity contribution in [3.8, 4) is 5.75 Å². The summed E-state index contributed by atoms with van der Waals surface area (Å²) < 4.78 is 10.8. The van der Waals surface area contributed by atoms with Gasteiger partial charge in [0.25, 0.3) is 0 Å². The summed E-state index contributed by atoms with van der Waals surface area (Å²) in [4.78, 5) is 25.5. The van der Waals surface area contributed by atoms with Gasteiger partial charge in [-0.2, -0.15) is 0 Å². The topological polar surface area (TPSA) is 56.5 Å². The van der Waals surface area contributed by atoms with Crippen LogP contribution in [0.3, 0.4) is 0 Å². The van der Waals surface area contributed by atoms with Gasteiger partial charge in [-0.25, -0.2) is 4.79 Å². The van der Waals surface area contributed by atoms with E-state index in [-0.39, 0.29) is 18.3 Å². The van der Waals surface area contributed by atoms with Gasteiger partial charge in [-0.15, -0.1) is 11.3 Å². The molecule has 0 amide bonds. The summed E-state index contributed by atoms with van der Waals surface area (Å²) in [6, 6.07) is 9.10. The van der Waals surface area contributed by atoms with E-state index in [4.69, 9.17) is 9.15 Å². The molecule has 0 spiro atoms. The molecule has 0 unspecified atom stereocenters. The maximum Gasteiger partial charge on any atom is 0.343 e. The molecule has 0 saturated heterocycles. The van der Waals surface area contributed by atoms with Crippen LogP contribution in [0.2, 0.25) is 0 Å². The van der Waals surface area contributed by atoms with Gasteiger partial charge in [-0.1, -0.05) is 12.1 Å². The molecule has 0 saturated carbocycles. The highest BCUT2D eigenvalue weighted by Crippen LogP contribution is 2.42. The van der Waals surface area contributed by atoms with Crippen molar-refractivity contribution in [2.24, 2.45) is 0 Å². The summed E-state index contributed by atoms with van der Waals surface area (Å²) in [6.07, 6.45) is 0.164. The zero-order valence-corrected chi connectivity index (χ0v) is 12.6. The van der Waals surface area contributed by atoms with Crippen molar-refractivity contribution >= 4 is 28.3 Å². The van der Waals surface area contributed by atoms with Crippen LogP contribution in [0, 0.1) is 6.92 Å². The van der Waals surface area contributed by atoms with Crippen molar-refractivity contribution in [3.63, 3.8) is 0 Å². The highest BCUT2D eigenvalue weighted by molar-refractivity contribution is 7.10. The fraction of sp³-hybridized carbons (Fsp3) is 0.176. The van der Waals surface area contributed by atoms with Crippen molar-refractivity contribution < 1.29 is 13.9 Å². The number of para-hydroxylation sites is 1. The third-order valence-electron chi connectivity index (χ3n) is 3.95. The van der Waals surface area contributed by atoms with Crippen molar-refractivity contribution in [3.05, 3.63) is 62.1 Å². The van der Waals surface area contributed by atoms with Crippen LogP contribution in [0.1, 0.15) is 28.3 Å². The first-order valence-corrected chi connectivity index (χ1v) is 7.83. The van der Waals surface area contributed by atoms with Gasteiger partial charge in [-0.05, 0) is 36.1 Å². The molecule has 1 atom stereocenters. The van der Waals surface area contributed by atoms with Gasteiger partial charge in [0.05, 0.1) is 17.4 Å². The van der Waals surface area contributed by atoms with Crippen LogP contribution in [-0.2, 0) is 4.79 Å². The van der Waals surface area contributed by atoms with Gasteiger partial charge in [0.15, 0.2) is 5.75 Å². The number of esters is 1. The van der Waals surface area contributed by atoms with Crippen molar-refractivity contribution in [2.75, 3.05) is 0 Å². The van der Waals surface area contributed by atoms with Gasteiger partial charge in [-0.3, -0.25) is 4.79 Å². The quantitative estimate of drug-likeness (QED) is 0.509. The Hall–Kier alpha value is -2.40. The average molecular weight is 312 g/mol. The lowest BCUT2D eigenvalue weighted by molar-refractivity contribution is -0.135. The average Bonchev–Trinajstić information content (AvgIpc) is 2.92. The minimum absolute atomic E-state index is 0.164. The zero-order valence-electron chi connectivity index (χ0n) is 11.8. The number of hydrogen-bond donors (Lipinski definition) is 0. The molecule has 4 nitrogen and oxygen atoms in total. The van der Waals surface area contributed by atoms with E-state index in [1.165, 1.54) is 0 Å². The van der Waals surface area contributed by atoms with E-state index in [0.29, 0.717) is 22.3 Å². The summed E-state index contributed by atoms with van der Waals surface area (Å²) >= 11 is 1.55. The molecule has 5 heteroatoms. The van der Waals surface area contributed by atoms with E-state index in [2.05, 4.69) is 0 Å². The molecule has 1 aliphatic rings. The highest BCUT2D eigenvalue weighted by Gasteiger charge is 2.34. The predicted octanol–water partition coefficient (Wildman–Crippen LogP) is 3.60. The Bertz CT molecular complexity index is 951. The number of carbonyl (C=O) groups excluding carboxylic acids is 1. The molecule has 1 aliphatic heterocycles. The fourth-order valence-corrected chi connectivity index (χ4v) is 3.97. The molecule has 0 radical (unpaired) electrons. The van der Waals surface area contributed by atoms with Crippen molar-refractivity contribution in [1.29, 1.82) is 0 Å². The van der Waals surface area contributed by atoms with Gasteiger partial charge in [0.2, 0.25) is 0 Å². The molecular weight excluding hydrogens is 300 g/mol. The summed E-state index contributed by atoms with van der Waals surface area (Å²) in [5.41, 5.74) is 1.52. The van der Waals surface area contributed by atoms with E-state index in [1.807, 2.05) is 24.4 Å². The van der Waals surface area contributed by atoms with Gasteiger partial charge >= 0.3 is 11.6 Å². The molecule has 0 N–H and O–H groups in total. The number of rotatable bonds is 1. The molecular formula is C17H12O4S. The second-order valence-corrected chi connectivity index (χ2v) is 6.27. The number of ether oxygens (including phenoxy) is 1. The standard InChI is InChI=1S/C17H12O4S/c1-9-6-7-22-16(9)11-8-13(18)21-15-10-4-2-3-5-12(10)20-17(19)14(11)15/h2-7,11H,8H2,1H3/t11-/m0/s1. The molecule has 110 valence electrons. The number of aryl methyl sites for hydroxylation is 1. The van der Waals surface area contributed by atoms with E-state index >= 15 is 0 Å². The lowest BCUT2D eigenvalue weighted by atomic mass is 9.90. The van der Waals surface area contributed by atoms with E-state index in [9.17, 15) is 9.59 Å². The Morgan fingerprint density at radius 2 is 2.00 bits per heavy atom. The number of fused-ring (bicyclic) bond motifs is 3. The zero-order chi connectivity index (χ0) is 15.3. The molecule has 4 rings (SSSR count). The van der Waals surface area contributed by atoms with Crippen LogP contribution in [0.15, 0.2) is 44.9 Å². The number of carbonyl (C=O) groups is 1. The van der Waals surface area contributed by atoms with Crippen LogP contribution in [0.4, 0.5) is 0 Å². The first kappa shape index (κ1) is 13.3. The molecule has 3 heterocycles. The van der Waals surface area contributed by atoms with Crippen LogP contribution in [0.25, 0.3) is 11.0 Å². The lowest BCUT2D eigenvalue weighted by Gasteiger charge is -2.23. The first-order chi connectivity index (χ1) is 10.6. The monoisotopic (exact) mass is 312 g/mol. The normalized spacial score (nSPS) is 17.3. The molecule has 0 bridgehead atoms. The Kier molecular flexibility index (Phi) is 2.90. The molecule has 1 aromatic carbocycles. The van der Waals surface area contributed by atoms with Gasteiger partial charge in [0.1, 0.15) is 5.58 Å². The number of benzene rings is 1. The third kappa shape index (κ3) is 1.89. The molecule has 0 aliphatic carbocycles. The summed E-state index contributed by atoms with van der Waals surface area (Å²) in [6.45, 7) is 1.98. The molecule has 2 aromatic heterocycles. The summed E-state index contributed by atoms with van der Waals surface area (Å²) in [5, 5.41) is 2.62. The Balaban J connectivity index is 2.06. The van der Waals surface area contributed by atoms with Crippen molar-refractivity contribution in [2.45, 2.75) is 19.3 Å². The Morgan fingerprint density at radius 1 is 1.18 bits per heavy atom. The summed E-state index contributed by atoms with van der Waals surface area (Å²) in [5.74, 6) is -0.265. The van der Waals surface area contributed by atoms with Crippen LogP contribution in [0.5, 0.6) is 5.75 Å². The van der Waals surface area contributed by atoms with E-state index in [1.54, 1.807) is 29.5 Å².